The van der Waals surface area contributed by atoms with Crippen LogP contribution in [0.1, 0.15) is 31.2 Å². The van der Waals surface area contributed by atoms with Crippen LogP contribution in [0, 0.1) is 5.92 Å². The van der Waals surface area contributed by atoms with E-state index in [0.29, 0.717) is 11.6 Å². The summed E-state index contributed by atoms with van der Waals surface area (Å²) in [6, 6.07) is 6.07. The summed E-state index contributed by atoms with van der Waals surface area (Å²) in [5.41, 5.74) is 3.01. The van der Waals surface area contributed by atoms with Crippen LogP contribution in [0.2, 0.25) is 5.02 Å². The largest absolute Gasteiger partial charge is 0.324 e. The number of pyridine rings is 1. The molecule has 1 aromatic heterocycles. The van der Waals surface area contributed by atoms with E-state index in [1.54, 1.807) is 4.90 Å². The number of halogens is 1. The maximum Gasteiger partial charge on any atom is 0.324 e. The lowest BCUT2D eigenvalue weighted by Gasteiger charge is -2.43. The van der Waals surface area contributed by atoms with Crippen molar-refractivity contribution < 1.29 is 4.79 Å². The number of nitrogens with zero attached hydrogens (tertiary/aromatic N) is 4. The molecule has 27 heavy (non-hydrogen) atoms. The lowest BCUT2D eigenvalue weighted by Crippen LogP contribution is -2.51. The minimum Gasteiger partial charge on any atom is -0.323 e. The van der Waals surface area contributed by atoms with Crippen LogP contribution in [-0.4, -0.2) is 54.5 Å². The maximum absolute atomic E-state index is 13.2. The number of anilines is 1. The van der Waals surface area contributed by atoms with Gasteiger partial charge in [0.25, 0.3) is 0 Å². The third-order valence-electron chi connectivity index (χ3n) is 5.86. The average molecular weight is 387 g/mol. The molecular weight excluding hydrogens is 360 g/mol. The Morgan fingerprint density at radius 1 is 1.22 bits per heavy atom. The van der Waals surface area contributed by atoms with E-state index in [4.69, 9.17) is 11.6 Å². The van der Waals surface area contributed by atoms with Gasteiger partial charge in [-0.1, -0.05) is 11.6 Å². The van der Waals surface area contributed by atoms with Gasteiger partial charge in [-0.3, -0.25) is 9.88 Å². The number of benzene rings is 1. The minimum absolute atomic E-state index is 0.0889. The zero-order valence-corrected chi connectivity index (χ0v) is 17.0. The smallest absolute Gasteiger partial charge is 0.323 e. The number of amides is 2. The monoisotopic (exact) mass is 386 g/mol. The predicted molar refractivity (Wildman–Crippen MR) is 110 cm³/mol. The maximum atomic E-state index is 13.2. The van der Waals surface area contributed by atoms with Crippen LogP contribution in [0.4, 0.5) is 10.5 Å². The molecule has 0 spiro atoms. The molecular formula is C21H27ClN4O. The first-order valence-electron chi connectivity index (χ1n) is 9.70. The standard InChI is InChI=1S/C21H27ClN4O/c1-24(2)12-14-4-7-17(8-5-14)26-20-15(13-25(3)21(26)27)11-23-19-9-6-16(22)10-18(19)20/h6,9-11,14,17H,4-5,7-8,12-13H2,1-3H3. The van der Waals surface area contributed by atoms with Crippen LogP contribution in [0.5, 0.6) is 0 Å². The van der Waals surface area contributed by atoms with Crippen molar-refractivity contribution in [1.82, 2.24) is 14.8 Å². The molecule has 0 unspecified atom stereocenters. The lowest BCUT2D eigenvalue weighted by atomic mass is 9.84. The van der Waals surface area contributed by atoms with Gasteiger partial charge in [-0.05, 0) is 63.9 Å². The van der Waals surface area contributed by atoms with Crippen molar-refractivity contribution in [2.24, 2.45) is 5.92 Å². The van der Waals surface area contributed by atoms with Gasteiger partial charge in [-0.25, -0.2) is 4.79 Å². The van der Waals surface area contributed by atoms with Crippen molar-refractivity contribution in [3.8, 4) is 0 Å². The second kappa shape index (κ2) is 7.28. The van der Waals surface area contributed by atoms with Crippen molar-refractivity contribution in [2.75, 3.05) is 32.6 Å². The Balaban J connectivity index is 1.71. The molecule has 0 saturated heterocycles. The normalized spacial score (nSPS) is 23.2. The van der Waals surface area contributed by atoms with E-state index in [-0.39, 0.29) is 12.1 Å². The van der Waals surface area contributed by atoms with E-state index < -0.39 is 0 Å². The van der Waals surface area contributed by atoms with Crippen LogP contribution < -0.4 is 4.90 Å². The Hall–Kier alpha value is -1.85. The molecule has 6 heteroatoms. The van der Waals surface area contributed by atoms with Gasteiger partial charge < -0.3 is 9.80 Å². The Kier molecular flexibility index (Phi) is 4.99. The average Bonchev–Trinajstić information content (AvgIpc) is 2.63. The van der Waals surface area contributed by atoms with E-state index in [1.807, 2.05) is 36.3 Å². The summed E-state index contributed by atoms with van der Waals surface area (Å²) in [5.74, 6) is 0.719. The predicted octanol–water partition coefficient (Wildman–Crippen LogP) is 4.38. The summed E-state index contributed by atoms with van der Waals surface area (Å²) in [6.07, 6.45) is 6.33. The van der Waals surface area contributed by atoms with Crippen LogP contribution >= 0.6 is 11.6 Å². The summed E-state index contributed by atoms with van der Waals surface area (Å²) in [4.78, 5) is 23.9. The molecule has 0 radical (unpaired) electrons. The van der Waals surface area contributed by atoms with Crippen LogP contribution in [0.15, 0.2) is 24.4 Å². The van der Waals surface area contributed by atoms with E-state index in [9.17, 15) is 4.79 Å². The molecule has 4 rings (SSSR count). The molecule has 2 aliphatic rings. The molecule has 5 nitrogen and oxygen atoms in total. The second-order valence-corrected chi connectivity index (χ2v) is 8.68. The SMILES string of the molecule is CN(C)CC1CCC(N2C(=O)N(C)Cc3cnc4ccc(Cl)cc4c32)CC1. The summed E-state index contributed by atoms with van der Waals surface area (Å²) < 4.78 is 0. The Morgan fingerprint density at radius 3 is 2.67 bits per heavy atom. The van der Waals surface area contributed by atoms with E-state index in [2.05, 4.69) is 24.0 Å². The molecule has 1 aliphatic carbocycles. The number of hydrogen-bond acceptors (Lipinski definition) is 3. The second-order valence-electron chi connectivity index (χ2n) is 8.24. The quantitative estimate of drug-likeness (QED) is 0.785. The van der Waals surface area contributed by atoms with Crippen molar-refractivity contribution in [2.45, 2.75) is 38.3 Å². The number of hydrogen-bond donors (Lipinski definition) is 0. The molecule has 0 bridgehead atoms. The summed E-state index contributed by atoms with van der Waals surface area (Å²) in [6.45, 7) is 1.72. The molecule has 2 heterocycles. The Bertz CT molecular complexity index is 861. The van der Waals surface area contributed by atoms with Crippen LogP contribution in [0.25, 0.3) is 10.9 Å². The van der Waals surface area contributed by atoms with Gasteiger partial charge in [0.2, 0.25) is 0 Å². The number of carbonyl (C=O) groups is 1. The molecule has 0 atom stereocenters. The fraction of sp³-hybridized carbons (Fsp3) is 0.524. The molecule has 1 fully saturated rings. The minimum atomic E-state index is 0.0889. The number of aromatic nitrogens is 1. The Morgan fingerprint density at radius 2 is 1.96 bits per heavy atom. The van der Waals surface area contributed by atoms with Crippen LogP contribution in [0.3, 0.4) is 0 Å². The van der Waals surface area contributed by atoms with E-state index in [1.165, 1.54) is 0 Å². The number of carbonyl (C=O) groups excluding carboxylic acids is 1. The topological polar surface area (TPSA) is 39.7 Å². The first-order valence-corrected chi connectivity index (χ1v) is 10.1. The fourth-order valence-electron chi connectivity index (χ4n) is 4.64. The molecule has 1 saturated carbocycles. The summed E-state index contributed by atoms with van der Waals surface area (Å²) in [7, 11) is 6.14. The highest BCUT2D eigenvalue weighted by atomic mass is 35.5. The first-order chi connectivity index (χ1) is 12.9. The van der Waals surface area contributed by atoms with Crippen molar-refractivity contribution in [3.05, 3.63) is 35.0 Å². The first kappa shape index (κ1) is 18.5. The number of rotatable bonds is 3. The van der Waals surface area contributed by atoms with Crippen molar-refractivity contribution in [1.29, 1.82) is 0 Å². The van der Waals surface area contributed by atoms with Gasteiger partial charge in [0.1, 0.15) is 0 Å². The van der Waals surface area contributed by atoms with Gasteiger partial charge in [0.05, 0.1) is 17.7 Å². The number of fused-ring (bicyclic) bond motifs is 3. The zero-order valence-electron chi connectivity index (χ0n) is 16.3. The molecule has 2 amide bonds. The van der Waals surface area contributed by atoms with E-state index in [0.717, 1.165) is 60.3 Å². The highest BCUT2D eigenvalue weighted by molar-refractivity contribution is 6.31. The van der Waals surface area contributed by atoms with Crippen molar-refractivity contribution in [3.63, 3.8) is 0 Å². The number of urea groups is 1. The summed E-state index contributed by atoms with van der Waals surface area (Å²) in [5, 5.41) is 1.66. The van der Waals surface area contributed by atoms with Gasteiger partial charge >= 0.3 is 6.03 Å². The molecule has 1 aliphatic heterocycles. The highest BCUT2D eigenvalue weighted by Gasteiger charge is 2.37. The highest BCUT2D eigenvalue weighted by Crippen LogP contribution is 2.40. The third kappa shape index (κ3) is 3.50. The van der Waals surface area contributed by atoms with Gasteiger partial charge in [-0.15, -0.1) is 0 Å². The molecule has 2 aromatic rings. The fourth-order valence-corrected chi connectivity index (χ4v) is 4.81. The van der Waals surface area contributed by atoms with Gasteiger partial charge in [-0.2, -0.15) is 0 Å². The van der Waals surface area contributed by atoms with E-state index >= 15 is 0 Å². The molecule has 1 aromatic carbocycles. The van der Waals surface area contributed by atoms with Gasteiger partial charge in [0.15, 0.2) is 0 Å². The zero-order chi connectivity index (χ0) is 19.1. The van der Waals surface area contributed by atoms with Crippen molar-refractivity contribution >= 4 is 34.2 Å². The summed E-state index contributed by atoms with van der Waals surface area (Å²) >= 11 is 6.28. The lowest BCUT2D eigenvalue weighted by molar-refractivity contribution is 0.198. The Labute approximate surface area is 165 Å². The molecule has 0 N–H and O–H groups in total. The van der Waals surface area contributed by atoms with Crippen LogP contribution in [-0.2, 0) is 6.54 Å². The van der Waals surface area contributed by atoms with Gasteiger partial charge in [0, 0.05) is 41.8 Å². The molecule has 144 valence electrons. The third-order valence-corrected chi connectivity index (χ3v) is 6.10.